The second kappa shape index (κ2) is 3.33. The van der Waals surface area contributed by atoms with Gasteiger partial charge in [0.15, 0.2) is 0 Å². The maximum atomic E-state index is 11.4. The van der Waals surface area contributed by atoms with Gasteiger partial charge in [0, 0.05) is 12.1 Å². The Labute approximate surface area is 73.7 Å². The SMILES string of the molecule is CCOC(=O)N1CCCC1(C)C. The van der Waals surface area contributed by atoms with Crippen molar-refractivity contribution < 1.29 is 9.53 Å². The first kappa shape index (κ1) is 9.36. The van der Waals surface area contributed by atoms with Crippen molar-refractivity contribution in [3.63, 3.8) is 0 Å². The minimum Gasteiger partial charge on any atom is -0.450 e. The molecule has 0 saturated carbocycles. The van der Waals surface area contributed by atoms with Crippen LogP contribution in [-0.2, 0) is 4.74 Å². The number of hydrogen-bond acceptors (Lipinski definition) is 2. The number of hydrogen-bond donors (Lipinski definition) is 0. The number of carbonyl (C=O) groups is 1. The van der Waals surface area contributed by atoms with Gasteiger partial charge in [-0.3, -0.25) is 0 Å². The van der Waals surface area contributed by atoms with Crippen molar-refractivity contribution in [1.82, 2.24) is 4.90 Å². The van der Waals surface area contributed by atoms with Crippen molar-refractivity contribution in [2.75, 3.05) is 13.2 Å². The molecule has 0 N–H and O–H groups in total. The maximum absolute atomic E-state index is 11.4. The van der Waals surface area contributed by atoms with E-state index in [2.05, 4.69) is 13.8 Å². The van der Waals surface area contributed by atoms with E-state index >= 15 is 0 Å². The first-order valence-corrected chi connectivity index (χ1v) is 4.52. The molecule has 70 valence electrons. The summed E-state index contributed by atoms with van der Waals surface area (Å²) in [6.07, 6.45) is 2.00. The zero-order valence-electron chi connectivity index (χ0n) is 8.09. The van der Waals surface area contributed by atoms with E-state index in [4.69, 9.17) is 4.74 Å². The molecule has 0 radical (unpaired) electrons. The lowest BCUT2D eigenvalue weighted by atomic mass is 10.0. The number of amides is 1. The van der Waals surface area contributed by atoms with Crippen LogP contribution in [0.5, 0.6) is 0 Å². The van der Waals surface area contributed by atoms with Crippen LogP contribution in [0, 0.1) is 0 Å². The van der Waals surface area contributed by atoms with E-state index in [0.717, 1.165) is 19.4 Å². The summed E-state index contributed by atoms with van der Waals surface area (Å²) in [4.78, 5) is 13.2. The van der Waals surface area contributed by atoms with E-state index < -0.39 is 0 Å². The highest BCUT2D eigenvalue weighted by Crippen LogP contribution is 2.28. The van der Waals surface area contributed by atoms with Gasteiger partial charge in [-0.15, -0.1) is 0 Å². The van der Waals surface area contributed by atoms with E-state index in [1.165, 1.54) is 0 Å². The van der Waals surface area contributed by atoms with Crippen LogP contribution in [0.4, 0.5) is 4.79 Å². The molecule has 1 heterocycles. The van der Waals surface area contributed by atoms with Gasteiger partial charge in [-0.2, -0.15) is 0 Å². The number of nitrogens with zero attached hydrogens (tertiary/aromatic N) is 1. The molecular weight excluding hydrogens is 154 g/mol. The fourth-order valence-electron chi connectivity index (χ4n) is 1.65. The predicted molar refractivity (Wildman–Crippen MR) is 47.0 cm³/mol. The van der Waals surface area contributed by atoms with Gasteiger partial charge in [0.2, 0.25) is 0 Å². The number of rotatable bonds is 1. The summed E-state index contributed by atoms with van der Waals surface area (Å²) in [5, 5.41) is 0. The van der Waals surface area contributed by atoms with Gasteiger partial charge < -0.3 is 9.64 Å². The van der Waals surface area contributed by atoms with Gasteiger partial charge >= 0.3 is 6.09 Å². The normalized spacial score (nSPS) is 21.1. The smallest absolute Gasteiger partial charge is 0.410 e. The number of carbonyl (C=O) groups excluding carboxylic acids is 1. The Hall–Kier alpha value is -0.730. The lowest BCUT2D eigenvalue weighted by molar-refractivity contribution is 0.0847. The second-order valence-electron chi connectivity index (χ2n) is 3.77. The summed E-state index contributed by atoms with van der Waals surface area (Å²) in [6.45, 7) is 7.30. The molecule has 1 amide bonds. The highest BCUT2D eigenvalue weighted by molar-refractivity contribution is 5.69. The minimum absolute atomic E-state index is 0.00769. The van der Waals surface area contributed by atoms with Crippen molar-refractivity contribution in [2.24, 2.45) is 0 Å². The molecular formula is C9H17NO2. The maximum Gasteiger partial charge on any atom is 0.410 e. The van der Waals surface area contributed by atoms with Gasteiger partial charge in [-0.25, -0.2) is 4.79 Å². The predicted octanol–water partition coefficient (Wildman–Crippen LogP) is 2.02. The van der Waals surface area contributed by atoms with Crippen molar-refractivity contribution in [1.29, 1.82) is 0 Å². The summed E-state index contributed by atoms with van der Waals surface area (Å²) in [5.41, 5.74) is -0.00769. The summed E-state index contributed by atoms with van der Waals surface area (Å²) < 4.78 is 4.95. The molecule has 12 heavy (non-hydrogen) atoms. The van der Waals surface area contributed by atoms with Gasteiger partial charge in [0.05, 0.1) is 6.61 Å². The zero-order valence-corrected chi connectivity index (χ0v) is 8.09. The molecule has 3 nitrogen and oxygen atoms in total. The first-order valence-electron chi connectivity index (χ1n) is 4.52. The van der Waals surface area contributed by atoms with E-state index in [1.807, 2.05) is 11.8 Å². The monoisotopic (exact) mass is 171 g/mol. The fraction of sp³-hybridized carbons (Fsp3) is 0.889. The quantitative estimate of drug-likeness (QED) is 0.604. The van der Waals surface area contributed by atoms with Crippen molar-refractivity contribution in [2.45, 2.75) is 39.2 Å². The summed E-state index contributed by atoms with van der Waals surface area (Å²) in [7, 11) is 0. The number of likely N-dealkylation sites (tertiary alicyclic amines) is 1. The molecule has 0 spiro atoms. The lowest BCUT2D eigenvalue weighted by Gasteiger charge is -2.30. The number of ether oxygens (including phenoxy) is 1. The molecule has 0 aliphatic carbocycles. The summed E-state index contributed by atoms with van der Waals surface area (Å²) in [5.74, 6) is 0. The molecule has 1 aliphatic heterocycles. The Morgan fingerprint density at radius 1 is 1.58 bits per heavy atom. The standard InChI is InChI=1S/C9H17NO2/c1-4-12-8(11)10-7-5-6-9(10,2)3/h4-7H2,1-3H3. The molecule has 0 aromatic rings. The van der Waals surface area contributed by atoms with Crippen molar-refractivity contribution >= 4 is 6.09 Å². The van der Waals surface area contributed by atoms with Gasteiger partial charge in [-0.1, -0.05) is 0 Å². The average Bonchev–Trinajstić information content (AvgIpc) is 2.30. The molecule has 1 rings (SSSR count). The molecule has 1 aliphatic rings. The van der Waals surface area contributed by atoms with Gasteiger partial charge in [0.25, 0.3) is 0 Å². The summed E-state index contributed by atoms with van der Waals surface area (Å²) in [6, 6.07) is 0. The molecule has 0 aromatic carbocycles. The van der Waals surface area contributed by atoms with Crippen LogP contribution in [0.2, 0.25) is 0 Å². The molecule has 0 unspecified atom stereocenters. The van der Waals surface area contributed by atoms with Crippen LogP contribution in [0.15, 0.2) is 0 Å². The Morgan fingerprint density at radius 2 is 2.25 bits per heavy atom. The molecule has 0 bridgehead atoms. The molecule has 0 aromatic heterocycles. The Kier molecular flexibility index (Phi) is 2.60. The molecule has 1 saturated heterocycles. The summed E-state index contributed by atoms with van der Waals surface area (Å²) >= 11 is 0. The van der Waals surface area contributed by atoms with E-state index in [9.17, 15) is 4.79 Å². The topological polar surface area (TPSA) is 29.5 Å². The largest absolute Gasteiger partial charge is 0.450 e. The first-order chi connectivity index (χ1) is 5.58. The van der Waals surface area contributed by atoms with Crippen LogP contribution in [0.3, 0.4) is 0 Å². The van der Waals surface area contributed by atoms with Crippen molar-refractivity contribution in [3.8, 4) is 0 Å². The van der Waals surface area contributed by atoms with Crippen LogP contribution in [-0.4, -0.2) is 29.7 Å². The van der Waals surface area contributed by atoms with Crippen LogP contribution < -0.4 is 0 Å². The molecule has 3 heteroatoms. The van der Waals surface area contributed by atoms with Gasteiger partial charge in [0.1, 0.15) is 0 Å². The second-order valence-corrected chi connectivity index (χ2v) is 3.77. The van der Waals surface area contributed by atoms with E-state index in [-0.39, 0.29) is 11.6 Å². The van der Waals surface area contributed by atoms with Crippen LogP contribution >= 0.6 is 0 Å². The Balaban J connectivity index is 2.56. The molecule has 1 fully saturated rings. The lowest BCUT2D eigenvalue weighted by Crippen LogP contribution is -2.42. The third-order valence-electron chi connectivity index (χ3n) is 2.39. The van der Waals surface area contributed by atoms with E-state index in [1.54, 1.807) is 0 Å². The highest BCUT2D eigenvalue weighted by atomic mass is 16.6. The van der Waals surface area contributed by atoms with Crippen LogP contribution in [0.1, 0.15) is 33.6 Å². The third kappa shape index (κ3) is 1.71. The van der Waals surface area contributed by atoms with E-state index in [0.29, 0.717) is 6.61 Å². The Bertz CT molecular complexity index is 177. The zero-order chi connectivity index (χ0) is 9.19. The van der Waals surface area contributed by atoms with Crippen LogP contribution in [0.25, 0.3) is 0 Å². The highest BCUT2D eigenvalue weighted by Gasteiger charge is 2.36. The average molecular weight is 171 g/mol. The van der Waals surface area contributed by atoms with Crippen molar-refractivity contribution in [3.05, 3.63) is 0 Å². The van der Waals surface area contributed by atoms with Gasteiger partial charge in [-0.05, 0) is 33.6 Å². The Morgan fingerprint density at radius 3 is 2.67 bits per heavy atom. The fourth-order valence-corrected chi connectivity index (χ4v) is 1.65. The third-order valence-corrected chi connectivity index (χ3v) is 2.39. The molecule has 0 atom stereocenters. The minimum atomic E-state index is -0.167.